The van der Waals surface area contributed by atoms with Crippen LogP contribution < -0.4 is 0 Å². The van der Waals surface area contributed by atoms with Crippen LogP contribution in [0.1, 0.15) is 173 Å². The molecule has 13 rings (SSSR count). The lowest BCUT2D eigenvalue weighted by Gasteiger charge is -2.72. The number of fused-ring (bicyclic) bond motifs is 7. The highest BCUT2D eigenvalue weighted by atomic mass is 16.8. The van der Waals surface area contributed by atoms with Crippen LogP contribution in [0, 0.1) is 50.2 Å². The van der Waals surface area contributed by atoms with Gasteiger partial charge in [0.25, 0.3) is 0 Å². The van der Waals surface area contributed by atoms with E-state index in [-0.39, 0.29) is 61.5 Å². The first-order valence-electron chi connectivity index (χ1n) is 47.5. The van der Waals surface area contributed by atoms with Crippen LogP contribution in [0.2, 0.25) is 0 Å². The van der Waals surface area contributed by atoms with Crippen molar-refractivity contribution in [2.45, 2.75) is 418 Å². The van der Waals surface area contributed by atoms with Gasteiger partial charge in [-0.2, -0.15) is 0 Å². The second-order valence-corrected chi connectivity index (χ2v) is 42.6. The summed E-state index contributed by atoms with van der Waals surface area (Å²) < 4.78 is 110. The maximum absolute atomic E-state index is 16.6. The highest BCUT2D eigenvalue weighted by Gasteiger charge is 2.73. The van der Waals surface area contributed by atoms with Gasteiger partial charge in [0, 0.05) is 11.1 Å². The molecule has 0 aromatic heterocycles. The average molecular weight is 1950 g/mol. The van der Waals surface area contributed by atoms with Gasteiger partial charge in [0.15, 0.2) is 62.3 Å². The van der Waals surface area contributed by atoms with Crippen molar-refractivity contribution in [3.63, 3.8) is 0 Å². The van der Waals surface area contributed by atoms with Crippen molar-refractivity contribution in [2.75, 3.05) is 39.6 Å². The highest BCUT2D eigenvalue weighted by molar-refractivity contribution is 5.89. The lowest BCUT2D eigenvalue weighted by atomic mass is 9.33. The van der Waals surface area contributed by atoms with Crippen LogP contribution in [0.25, 0.3) is 0 Å². The molecule has 0 aromatic carbocycles. The number of aliphatic hydroxyl groups excluding tert-OH is 19. The van der Waals surface area contributed by atoms with Crippen molar-refractivity contribution >= 4 is 17.9 Å². The number of ether oxygens (including phenoxy) is 18. The standard InChI is InChI=1S/C94H148O42/c1-16-89(11,117)26-18-20-40(3)76(114)130-72-56(100)42(5)125-83(75(72)131-77(115)41(4)21-19-27-90(12,118)17-2)124-39-51-61(105)63(107)74(135-82-68(112)64(108)70(43(6)126-82)132-81-69(113)71(49(98)37-122-81)133-79-66(110)58(102)47(96)35-120-79)85(128-51)136-86(116)94-31-30-87(7,8)32-45(94)44-22-23-53-91(13)28-25-55(88(9,10)52(91)24-29-92(53,14)93(44,15)33-54(94)99)129-84-73(134-80-67(111)59(103)48(97)36-121-80)62(106)60(104)50(127-84)38-123-78-65(109)57(101)46(95)34-119-78/h16-17,20-22,42-43,45-75,78-85,95-113,117-118H,1-2,18-19,23-39H2,3-15H3. The Kier molecular flexibility index (Phi) is 34.2. The molecule has 12 fully saturated rings. The Labute approximate surface area is 789 Å². The predicted octanol–water partition coefficient (Wildman–Crippen LogP) is -2.73. The second-order valence-electron chi connectivity index (χ2n) is 42.6. The minimum absolute atomic E-state index is 0.00377. The van der Waals surface area contributed by atoms with E-state index in [9.17, 15) is 117 Å². The summed E-state index contributed by atoms with van der Waals surface area (Å²) >= 11 is 0. The van der Waals surface area contributed by atoms with Gasteiger partial charge in [-0.3, -0.25) is 4.79 Å². The monoisotopic (exact) mass is 1950 g/mol. The molecule has 0 radical (unpaired) electrons. The van der Waals surface area contributed by atoms with Gasteiger partial charge in [0.05, 0.1) is 75.3 Å². The summed E-state index contributed by atoms with van der Waals surface area (Å²) in [6, 6.07) is 0. The molecule has 4 saturated carbocycles. The van der Waals surface area contributed by atoms with E-state index in [1.165, 1.54) is 65.8 Å². The molecule has 136 heavy (non-hydrogen) atoms. The van der Waals surface area contributed by atoms with Gasteiger partial charge in [-0.25, -0.2) is 9.59 Å². The van der Waals surface area contributed by atoms with Crippen LogP contribution in [0.4, 0.5) is 0 Å². The SMILES string of the molecule is C=CC(C)(O)CCC=C(C)C(=O)OC1C(OCC2OC(OC(=O)C34CCC(C)(C)CC3C3=CCC5C6(C)CCC(OC7OC(COC8OCC(O)C(O)C8O)C(O)C(O)C7OC7OCC(O)C(O)C7O)C(C)(C)C6CCC5(C)C3(C)CC4O)C(OC3OC(C)C(OC4OCC(O)C(OC5OCC(O)C(O)C5O)C4O)C(O)C3O)C(O)C2O)OC(C)C(O)C1OC(=O)C(C)=CCCC(C)(O)C=C. The summed E-state index contributed by atoms with van der Waals surface area (Å²) in [6.07, 6.45) is -54.0. The smallest absolute Gasteiger partial charge is 0.333 e. The zero-order valence-corrected chi connectivity index (χ0v) is 79.4. The molecule has 8 aliphatic heterocycles. The van der Waals surface area contributed by atoms with Gasteiger partial charge in [-0.05, 0) is 170 Å². The number of carbonyl (C=O) groups excluding carboxylic acids is 3. The van der Waals surface area contributed by atoms with E-state index in [2.05, 4.69) is 67.7 Å². The molecule has 47 atom stereocenters. The van der Waals surface area contributed by atoms with Crippen LogP contribution in [0.3, 0.4) is 0 Å². The Balaban J connectivity index is 0.786. The van der Waals surface area contributed by atoms with E-state index in [0.29, 0.717) is 44.9 Å². The predicted molar refractivity (Wildman–Crippen MR) is 463 cm³/mol. The van der Waals surface area contributed by atoms with E-state index < -0.39 is 341 Å². The third-order valence-electron chi connectivity index (χ3n) is 32.4. The maximum Gasteiger partial charge on any atom is 0.333 e. The van der Waals surface area contributed by atoms with Crippen molar-refractivity contribution in [3.05, 3.63) is 60.3 Å². The topological polar surface area (TPSA) is 642 Å². The number of aliphatic hydroxyl groups is 21. The van der Waals surface area contributed by atoms with Gasteiger partial charge in [0.1, 0.15) is 146 Å². The number of carbonyl (C=O) groups is 3. The summed E-state index contributed by atoms with van der Waals surface area (Å²) in [4.78, 5) is 45.0. The molecule has 42 nitrogen and oxygen atoms in total. The Morgan fingerprint density at radius 3 is 1.45 bits per heavy atom. The van der Waals surface area contributed by atoms with E-state index in [0.717, 1.165) is 5.57 Å². The first-order valence-corrected chi connectivity index (χ1v) is 47.5. The van der Waals surface area contributed by atoms with Gasteiger partial charge in [0.2, 0.25) is 6.29 Å². The van der Waals surface area contributed by atoms with E-state index >= 15 is 4.79 Å². The highest BCUT2D eigenvalue weighted by Crippen LogP contribution is 2.76. The molecular weight excluding hydrogens is 1800 g/mol. The van der Waals surface area contributed by atoms with Crippen LogP contribution in [-0.4, -0.2) is 409 Å². The van der Waals surface area contributed by atoms with Crippen LogP contribution in [0.15, 0.2) is 60.3 Å². The zero-order valence-electron chi connectivity index (χ0n) is 79.4. The Bertz CT molecular complexity index is 4170. The number of rotatable bonds is 30. The van der Waals surface area contributed by atoms with Crippen molar-refractivity contribution < 1.29 is 207 Å². The summed E-state index contributed by atoms with van der Waals surface area (Å²) in [6.45, 7) is 27.4. The normalized spacial score (nSPS) is 48.5. The third kappa shape index (κ3) is 21.7. The molecule has 0 spiro atoms. The summed E-state index contributed by atoms with van der Waals surface area (Å²) in [5.41, 5.74) is -6.77. The molecule has 5 aliphatic carbocycles. The van der Waals surface area contributed by atoms with Crippen LogP contribution in [-0.2, 0) is 99.6 Å². The number of allylic oxidation sites excluding steroid dienone is 4. The molecule has 42 heteroatoms. The van der Waals surface area contributed by atoms with Crippen molar-refractivity contribution in [1.82, 2.24) is 0 Å². The molecule has 13 aliphatic rings. The molecule has 0 aromatic rings. The van der Waals surface area contributed by atoms with E-state index in [1.54, 1.807) is 0 Å². The fourth-order valence-corrected chi connectivity index (χ4v) is 23.3. The largest absolute Gasteiger partial charge is 0.452 e. The number of esters is 3. The molecular formula is C94H148O42. The lowest BCUT2D eigenvalue weighted by molar-refractivity contribution is -0.381. The van der Waals surface area contributed by atoms with Crippen molar-refractivity contribution in [3.8, 4) is 0 Å². The van der Waals surface area contributed by atoms with Gasteiger partial charge in [-0.1, -0.05) is 84.4 Å². The quantitative estimate of drug-likeness (QED) is 0.0114. The lowest BCUT2D eigenvalue weighted by Crippen LogP contribution is -2.69. The number of hydrogen-bond donors (Lipinski definition) is 21. The molecule has 776 valence electrons. The first-order chi connectivity index (χ1) is 63.6. The maximum atomic E-state index is 16.6. The Morgan fingerprint density at radius 2 is 0.897 bits per heavy atom. The first kappa shape index (κ1) is 109. The fraction of sp³-hybridized carbons (Fsp3) is 0.862. The van der Waals surface area contributed by atoms with Gasteiger partial charge < -0.3 is 193 Å². The van der Waals surface area contributed by atoms with E-state index in [4.69, 9.17) is 85.3 Å². The van der Waals surface area contributed by atoms with Gasteiger partial charge >= 0.3 is 17.9 Å². The van der Waals surface area contributed by atoms with Crippen LogP contribution >= 0.6 is 0 Å². The van der Waals surface area contributed by atoms with E-state index in [1.807, 2.05) is 0 Å². The molecule has 8 saturated heterocycles. The van der Waals surface area contributed by atoms with Crippen molar-refractivity contribution in [1.29, 1.82) is 0 Å². The average Bonchev–Trinajstić information content (AvgIpc) is 0.668. The van der Waals surface area contributed by atoms with Crippen LogP contribution in [0.5, 0.6) is 0 Å². The molecule has 0 amide bonds. The Morgan fingerprint density at radius 1 is 0.441 bits per heavy atom. The molecule has 47 unspecified atom stereocenters. The second kappa shape index (κ2) is 42.8. The summed E-state index contributed by atoms with van der Waals surface area (Å²) in [5, 5.41) is 238. The molecule has 21 N–H and O–H groups in total. The molecule has 8 heterocycles. The van der Waals surface area contributed by atoms with Gasteiger partial charge in [-0.15, -0.1) is 13.2 Å². The summed E-state index contributed by atoms with van der Waals surface area (Å²) in [5.74, 6) is -4.07. The zero-order chi connectivity index (χ0) is 99.8. The summed E-state index contributed by atoms with van der Waals surface area (Å²) in [7, 11) is 0. The fourth-order valence-electron chi connectivity index (χ4n) is 23.3. The third-order valence-corrected chi connectivity index (χ3v) is 32.4. The van der Waals surface area contributed by atoms with Crippen molar-refractivity contribution in [2.24, 2.45) is 50.2 Å². The minimum Gasteiger partial charge on any atom is -0.452 e. The number of hydrogen-bond acceptors (Lipinski definition) is 42. The molecule has 0 bridgehead atoms. The Hall–Kier alpha value is -4.33. The minimum atomic E-state index is -2.26.